The summed E-state index contributed by atoms with van der Waals surface area (Å²) in [6, 6.07) is 11.3. The van der Waals surface area contributed by atoms with E-state index in [-0.39, 0.29) is 12.2 Å². The molecular weight excluding hydrogens is 278 g/mol. The van der Waals surface area contributed by atoms with Gasteiger partial charge in [-0.15, -0.1) is 0 Å². The quantitative estimate of drug-likeness (QED) is 0.892. The first-order valence-electron chi connectivity index (χ1n) is 7.63. The summed E-state index contributed by atoms with van der Waals surface area (Å²) < 4.78 is 7.27. The molecule has 0 aliphatic rings. The summed E-state index contributed by atoms with van der Waals surface area (Å²) in [5, 5.41) is 9.32. The third kappa shape index (κ3) is 3.57. The predicted molar refractivity (Wildman–Crippen MR) is 88.1 cm³/mol. The second kappa shape index (κ2) is 7.27. The number of rotatable bonds is 6. The van der Waals surface area contributed by atoms with Crippen molar-refractivity contribution >= 4 is 0 Å². The number of pyridine rings is 1. The van der Waals surface area contributed by atoms with Crippen LogP contribution in [0.5, 0.6) is 5.75 Å². The van der Waals surface area contributed by atoms with Crippen molar-refractivity contribution in [3.8, 4) is 17.0 Å². The largest absolute Gasteiger partial charge is 0.494 e. The molecule has 0 saturated carbocycles. The summed E-state index contributed by atoms with van der Waals surface area (Å²) in [5.74, 6) is 1.12. The summed E-state index contributed by atoms with van der Waals surface area (Å²) >= 11 is 0. The van der Waals surface area contributed by atoms with Crippen LogP contribution in [0.1, 0.15) is 26.3 Å². The maximum atomic E-state index is 12.5. The van der Waals surface area contributed by atoms with E-state index < -0.39 is 0 Å². The highest BCUT2D eigenvalue weighted by atomic mass is 16.5. The molecule has 0 aliphatic carbocycles. The van der Waals surface area contributed by atoms with Gasteiger partial charge in [0.15, 0.2) is 0 Å². The normalized spacial score (nSPS) is 11.0. The highest BCUT2D eigenvalue weighted by Crippen LogP contribution is 2.24. The Kier molecular flexibility index (Phi) is 5.39. The molecule has 1 aromatic carbocycles. The van der Waals surface area contributed by atoms with Gasteiger partial charge in [0, 0.05) is 17.7 Å². The Bertz CT molecular complexity index is 689. The number of hydrogen-bond acceptors (Lipinski definition) is 3. The van der Waals surface area contributed by atoms with Gasteiger partial charge in [0.2, 0.25) is 0 Å². The SMILES string of the molecule is CCOc1cccc(-c2ccc(CO)c(=O)n2CC(C)C)c1. The van der Waals surface area contributed by atoms with Crippen molar-refractivity contribution in [1.29, 1.82) is 0 Å². The van der Waals surface area contributed by atoms with E-state index in [1.165, 1.54) is 0 Å². The molecule has 1 N–H and O–H groups in total. The molecule has 0 radical (unpaired) electrons. The average molecular weight is 301 g/mol. The first kappa shape index (κ1) is 16.3. The Balaban J connectivity index is 2.56. The van der Waals surface area contributed by atoms with Crippen LogP contribution in [0, 0.1) is 5.92 Å². The van der Waals surface area contributed by atoms with Crippen molar-refractivity contribution in [2.45, 2.75) is 33.9 Å². The molecule has 0 bridgehead atoms. The topological polar surface area (TPSA) is 51.5 Å². The Hall–Kier alpha value is -2.07. The molecule has 1 aromatic heterocycles. The van der Waals surface area contributed by atoms with Crippen molar-refractivity contribution in [2.24, 2.45) is 5.92 Å². The number of hydrogen-bond donors (Lipinski definition) is 1. The smallest absolute Gasteiger partial charge is 0.256 e. The summed E-state index contributed by atoms with van der Waals surface area (Å²) in [5.41, 5.74) is 2.08. The van der Waals surface area contributed by atoms with Crippen molar-refractivity contribution in [3.63, 3.8) is 0 Å². The lowest BCUT2D eigenvalue weighted by molar-refractivity contribution is 0.278. The molecule has 0 spiro atoms. The van der Waals surface area contributed by atoms with Crippen LogP contribution >= 0.6 is 0 Å². The summed E-state index contributed by atoms with van der Waals surface area (Å²) in [6.07, 6.45) is 0. The van der Waals surface area contributed by atoms with Crippen LogP contribution in [0.15, 0.2) is 41.2 Å². The number of ether oxygens (including phenoxy) is 1. The zero-order valence-electron chi connectivity index (χ0n) is 13.4. The van der Waals surface area contributed by atoms with Crippen molar-refractivity contribution < 1.29 is 9.84 Å². The second-order valence-electron chi connectivity index (χ2n) is 5.67. The molecule has 0 saturated heterocycles. The van der Waals surface area contributed by atoms with Gasteiger partial charge in [-0.2, -0.15) is 0 Å². The third-order valence-corrected chi connectivity index (χ3v) is 3.41. The van der Waals surface area contributed by atoms with E-state index in [0.29, 0.717) is 24.6 Å². The number of aliphatic hydroxyl groups is 1. The number of nitrogens with zero attached hydrogens (tertiary/aromatic N) is 1. The molecule has 0 fully saturated rings. The minimum atomic E-state index is -0.240. The van der Waals surface area contributed by atoms with E-state index in [9.17, 15) is 9.90 Å². The minimum Gasteiger partial charge on any atom is -0.494 e. The Labute approximate surface area is 131 Å². The van der Waals surface area contributed by atoms with Crippen LogP contribution in [0.3, 0.4) is 0 Å². The Morgan fingerprint density at radius 2 is 2.00 bits per heavy atom. The fourth-order valence-corrected chi connectivity index (χ4v) is 2.45. The monoisotopic (exact) mass is 301 g/mol. The number of aliphatic hydroxyl groups excluding tert-OH is 1. The summed E-state index contributed by atoms with van der Waals surface area (Å²) in [7, 11) is 0. The van der Waals surface area contributed by atoms with Crippen molar-refractivity contribution in [2.75, 3.05) is 6.61 Å². The molecule has 0 aliphatic heterocycles. The van der Waals surface area contributed by atoms with Gasteiger partial charge in [-0.3, -0.25) is 4.79 Å². The summed E-state index contributed by atoms with van der Waals surface area (Å²) in [6.45, 7) is 7.05. The van der Waals surface area contributed by atoms with E-state index in [0.717, 1.165) is 17.0 Å². The molecule has 22 heavy (non-hydrogen) atoms. The molecule has 1 heterocycles. The van der Waals surface area contributed by atoms with Crippen molar-refractivity contribution in [1.82, 2.24) is 4.57 Å². The molecule has 118 valence electrons. The third-order valence-electron chi connectivity index (χ3n) is 3.41. The van der Waals surface area contributed by atoms with Gasteiger partial charge < -0.3 is 14.4 Å². The highest BCUT2D eigenvalue weighted by Gasteiger charge is 2.12. The molecule has 4 heteroatoms. The minimum absolute atomic E-state index is 0.129. The molecule has 2 rings (SSSR count). The van der Waals surface area contributed by atoms with Gasteiger partial charge in [-0.1, -0.05) is 26.0 Å². The number of aromatic nitrogens is 1. The standard InChI is InChI=1S/C18H23NO3/c1-4-22-16-7-5-6-14(10-16)17-9-8-15(12-20)18(21)19(17)11-13(2)3/h5-10,13,20H,4,11-12H2,1-3H3. The fraction of sp³-hybridized carbons (Fsp3) is 0.389. The van der Waals surface area contributed by atoms with E-state index >= 15 is 0 Å². The van der Waals surface area contributed by atoms with Gasteiger partial charge in [0.1, 0.15) is 5.75 Å². The first-order valence-corrected chi connectivity index (χ1v) is 7.63. The molecular formula is C18H23NO3. The van der Waals surface area contributed by atoms with Crippen LogP contribution < -0.4 is 10.3 Å². The average Bonchev–Trinajstić information content (AvgIpc) is 2.49. The molecule has 0 atom stereocenters. The zero-order chi connectivity index (χ0) is 16.1. The van der Waals surface area contributed by atoms with E-state index in [1.54, 1.807) is 10.6 Å². The van der Waals surface area contributed by atoms with Gasteiger partial charge in [-0.05, 0) is 37.1 Å². The van der Waals surface area contributed by atoms with E-state index in [4.69, 9.17) is 4.74 Å². The van der Waals surface area contributed by atoms with Gasteiger partial charge >= 0.3 is 0 Å². The lowest BCUT2D eigenvalue weighted by Gasteiger charge is -2.17. The van der Waals surface area contributed by atoms with Crippen LogP contribution in [0.25, 0.3) is 11.3 Å². The van der Waals surface area contributed by atoms with Crippen LogP contribution in [-0.2, 0) is 13.2 Å². The molecule has 4 nitrogen and oxygen atoms in total. The first-order chi connectivity index (χ1) is 10.6. The Morgan fingerprint density at radius 1 is 1.23 bits per heavy atom. The van der Waals surface area contributed by atoms with Gasteiger partial charge in [-0.25, -0.2) is 0 Å². The molecule has 0 amide bonds. The summed E-state index contributed by atoms with van der Waals surface area (Å²) in [4.78, 5) is 12.5. The van der Waals surface area contributed by atoms with Gasteiger partial charge in [0.25, 0.3) is 5.56 Å². The second-order valence-corrected chi connectivity index (χ2v) is 5.67. The van der Waals surface area contributed by atoms with Crippen molar-refractivity contribution in [3.05, 3.63) is 52.3 Å². The lowest BCUT2D eigenvalue weighted by Crippen LogP contribution is -2.27. The van der Waals surface area contributed by atoms with Crippen LogP contribution in [-0.4, -0.2) is 16.3 Å². The maximum absolute atomic E-state index is 12.5. The molecule has 0 unspecified atom stereocenters. The highest BCUT2D eigenvalue weighted by molar-refractivity contribution is 5.62. The van der Waals surface area contributed by atoms with E-state index in [1.807, 2.05) is 37.3 Å². The zero-order valence-corrected chi connectivity index (χ0v) is 13.4. The predicted octanol–water partition coefficient (Wildman–Crippen LogP) is 3.06. The number of benzene rings is 1. The van der Waals surface area contributed by atoms with Gasteiger partial charge in [0.05, 0.1) is 18.9 Å². The van der Waals surface area contributed by atoms with Crippen LogP contribution in [0.2, 0.25) is 0 Å². The maximum Gasteiger partial charge on any atom is 0.256 e. The lowest BCUT2D eigenvalue weighted by atomic mass is 10.1. The Morgan fingerprint density at radius 3 is 2.64 bits per heavy atom. The van der Waals surface area contributed by atoms with Crippen LogP contribution in [0.4, 0.5) is 0 Å². The van der Waals surface area contributed by atoms with E-state index in [2.05, 4.69) is 13.8 Å². The fourth-order valence-electron chi connectivity index (χ4n) is 2.45. The molecule has 2 aromatic rings.